The maximum absolute atomic E-state index is 12.1. The number of hydrogen-bond donors (Lipinski definition) is 1. The standard InChI is InChI=1S/C12H12Cl2F3NO3S/c1-5(2)8(11(20)21-4-12(15,16)17)18-10(19)7-3-6(13)9(14)22-7/h3,5,8H,4H2,1-2H3,(H,18,19). The molecule has 0 aliphatic rings. The minimum Gasteiger partial charge on any atom is -0.454 e. The van der Waals surface area contributed by atoms with Crippen LogP contribution in [0.4, 0.5) is 13.2 Å². The number of carbonyl (C=O) groups excluding carboxylic acids is 2. The molecule has 4 nitrogen and oxygen atoms in total. The van der Waals surface area contributed by atoms with Gasteiger partial charge in [-0.15, -0.1) is 11.3 Å². The van der Waals surface area contributed by atoms with Gasteiger partial charge in [-0.3, -0.25) is 4.79 Å². The Labute approximate surface area is 138 Å². The molecule has 1 aromatic rings. The van der Waals surface area contributed by atoms with Gasteiger partial charge in [0.2, 0.25) is 0 Å². The van der Waals surface area contributed by atoms with E-state index in [1.54, 1.807) is 13.8 Å². The molecule has 10 heteroatoms. The molecule has 0 aromatic carbocycles. The molecule has 0 radical (unpaired) electrons. The number of esters is 1. The van der Waals surface area contributed by atoms with Gasteiger partial charge in [0.05, 0.1) is 9.90 Å². The molecule has 0 saturated heterocycles. The van der Waals surface area contributed by atoms with E-state index in [0.717, 1.165) is 11.3 Å². The first-order valence-corrected chi connectivity index (χ1v) is 7.57. The summed E-state index contributed by atoms with van der Waals surface area (Å²) in [5.41, 5.74) is 0. The minimum absolute atomic E-state index is 0.143. The molecule has 1 amide bonds. The van der Waals surface area contributed by atoms with Crippen LogP contribution in [0.2, 0.25) is 9.36 Å². The lowest BCUT2D eigenvalue weighted by Gasteiger charge is -2.20. The highest BCUT2D eigenvalue weighted by Crippen LogP contribution is 2.31. The summed E-state index contributed by atoms with van der Waals surface area (Å²) in [6.45, 7) is 1.42. The van der Waals surface area contributed by atoms with E-state index in [0.29, 0.717) is 0 Å². The van der Waals surface area contributed by atoms with Crippen molar-refractivity contribution in [2.75, 3.05) is 6.61 Å². The third kappa shape index (κ3) is 5.66. The van der Waals surface area contributed by atoms with Crippen LogP contribution in [0.5, 0.6) is 0 Å². The van der Waals surface area contributed by atoms with Crippen LogP contribution in [-0.4, -0.2) is 30.7 Å². The van der Waals surface area contributed by atoms with Crippen LogP contribution in [0.1, 0.15) is 23.5 Å². The molecule has 0 saturated carbocycles. The maximum Gasteiger partial charge on any atom is 0.422 e. The summed E-state index contributed by atoms with van der Waals surface area (Å²) in [5.74, 6) is -2.29. The smallest absolute Gasteiger partial charge is 0.422 e. The molecule has 1 N–H and O–H groups in total. The SMILES string of the molecule is CC(C)C(NC(=O)c1cc(Cl)c(Cl)s1)C(=O)OCC(F)(F)F. The third-order valence-electron chi connectivity index (χ3n) is 2.45. The van der Waals surface area contributed by atoms with E-state index in [9.17, 15) is 22.8 Å². The monoisotopic (exact) mass is 377 g/mol. The minimum atomic E-state index is -4.63. The second-order valence-corrected chi connectivity index (χ2v) is 6.71. The lowest BCUT2D eigenvalue weighted by atomic mass is 10.0. The number of alkyl halides is 3. The van der Waals surface area contributed by atoms with Crippen LogP contribution in [0.3, 0.4) is 0 Å². The lowest BCUT2D eigenvalue weighted by Crippen LogP contribution is -2.45. The molecule has 1 unspecified atom stereocenters. The summed E-state index contributed by atoms with van der Waals surface area (Å²) in [6, 6.07) is 0.0944. The third-order valence-corrected chi connectivity index (χ3v) is 4.32. The average Bonchev–Trinajstić information content (AvgIpc) is 2.72. The van der Waals surface area contributed by atoms with Crippen LogP contribution in [-0.2, 0) is 9.53 Å². The van der Waals surface area contributed by atoms with Gasteiger partial charge in [0.15, 0.2) is 6.61 Å². The first-order chi connectivity index (χ1) is 10.0. The Morgan fingerprint density at radius 1 is 1.36 bits per heavy atom. The molecule has 124 valence electrons. The second kappa shape index (κ2) is 7.52. The quantitative estimate of drug-likeness (QED) is 0.791. The van der Waals surface area contributed by atoms with E-state index in [1.807, 2.05) is 0 Å². The average molecular weight is 378 g/mol. The fraction of sp³-hybridized carbons (Fsp3) is 0.500. The van der Waals surface area contributed by atoms with E-state index in [2.05, 4.69) is 10.1 Å². The summed E-state index contributed by atoms with van der Waals surface area (Å²) >= 11 is 12.3. The predicted molar refractivity (Wildman–Crippen MR) is 77.4 cm³/mol. The normalized spacial score (nSPS) is 13.1. The Morgan fingerprint density at radius 2 is 1.95 bits per heavy atom. The Kier molecular flexibility index (Phi) is 6.51. The van der Waals surface area contributed by atoms with Crippen molar-refractivity contribution >= 4 is 46.4 Å². The van der Waals surface area contributed by atoms with Gasteiger partial charge in [-0.05, 0) is 12.0 Å². The van der Waals surface area contributed by atoms with Crippen molar-refractivity contribution in [1.82, 2.24) is 5.32 Å². The topological polar surface area (TPSA) is 55.4 Å². The Balaban J connectivity index is 2.75. The second-order valence-electron chi connectivity index (χ2n) is 4.65. The van der Waals surface area contributed by atoms with Crippen LogP contribution >= 0.6 is 34.5 Å². The van der Waals surface area contributed by atoms with E-state index in [4.69, 9.17) is 23.2 Å². The van der Waals surface area contributed by atoms with Gasteiger partial charge < -0.3 is 10.1 Å². The van der Waals surface area contributed by atoms with E-state index in [-0.39, 0.29) is 14.2 Å². The number of nitrogens with one attached hydrogen (secondary N) is 1. The van der Waals surface area contributed by atoms with Crippen molar-refractivity contribution in [3.63, 3.8) is 0 Å². The summed E-state index contributed by atoms with van der Waals surface area (Å²) < 4.78 is 40.6. The van der Waals surface area contributed by atoms with E-state index < -0.39 is 36.6 Å². The highest BCUT2D eigenvalue weighted by molar-refractivity contribution is 7.18. The number of carbonyl (C=O) groups is 2. The highest BCUT2D eigenvalue weighted by atomic mass is 35.5. The molecule has 1 rings (SSSR count). The Morgan fingerprint density at radius 3 is 2.36 bits per heavy atom. The van der Waals surface area contributed by atoms with Gasteiger partial charge >= 0.3 is 12.1 Å². The van der Waals surface area contributed by atoms with Gasteiger partial charge in [0.1, 0.15) is 10.4 Å². The molecule has 22 heavy (non-hydrogen) atoms. The van der Waals surface area contributed by atoms with Gasteiger partial charge in [-0.1, -0.05) is 37.0 Å². The predicted octanol–water partition coefficient (Wildman–Crippen LogP) is 3.91. The van der Waals surface area contributed by atoms with Gasteiger partial charge in [0, 0.05) is 0 Å². The fourth-order valence-electron chi connectivity index (χ4n) is 1.41. The molecule has 1 aromatic heterocycles. The van der Waals surface area contributed by atoms with Crippen LogP contribution < -0.4 is 5.32 Å². The van der Waals surface area contributed by atoms with Gasteiger partial charge in [-0.25, -0.2) is 4.79 Å². The number of rotatable bonds is 5. The van der Waals surface area contributed by atoms with Crippen molar-refractivity contribution in [1.29, 1.82) is 0 Å². The Bertz CT molecular complexity index is 541. The van der Waals surface area contributed by atoms with Crippen molar-refractivity contribution < 1.29 is 27.5 Å². The summed E-state index contributed by atoms with van der Waals surface area (Å²) in [5, 5.41) is 2.50. The van der Waals surface area contributed by atoms with E-state index >= 15 is 0 Å². The summed E-state index contributed by atoms with van der Waals surface area (Å²) in [4.78, 5) is 23.8. The zero-order valence-electron chi connectivity index (χ0n) is 11.5. The van der Waals surface area contributed by atoms with Crippen molar-refractivity contribution in [2.24, 2.45) is 5.92 Å². The number of halogens is 5. The molecule has 0 bridgehead atoms. The maximum atomic E-state index is 12.1. The molecular weight excluding hydrogens is 366 g/mol. The highest BCUT2D eigenvalue weighted by Gasteiger charge is 2.33. The van der Waals surface area contributed by atoms with Crippen LogP contribution in [0, 0.1) is 5.92 Å². The molecular formula is C12H12Cl2F3NO3S. The van der Waals surface area contributed by atoms with Crippen LogP contribution in [0.25, 0.3) is 0 Å². The number of ether oxygens (including phenoxy) is 1. The van der Waals surface area contributed by atoms with Gasteiger partial charge in [-0.2, -0.15) is 13.2 Å². The van der Waals surface area contributed by atoms with Crippen LogP contribution in [0.15, 0.2) is 6.07 Å². The molecule has 0 spiro atoms. The zero-order valence-corrected chi connectivity index (χ0v) is 13.8. The molecule has 0 aliphatic carbocycles. The molecule has 0 aliphatic heterocycles. The largest absolute Gasteiger partial charge is 0.454 e. The first-order valence-electron chi connectivity index (χ1n) is 6.00. The molecule has 1 atom stereocenters. The molecule has 0 fully saturated rings. The van der Waals surface area contributed by atoms with Crippen molar-refractivity contribution in [3.8, 4) is 0 Å². The number of hydrogen-bond acceptors (Lipinski definition) is 4. The number of thiophene rings is 1. The lowest BCUT2D eigenvalue weighted by molar-refractivity contribution is -0.188. The molecule has 1 heterocycles. The van der Waals surface area contributed by atoms with Crippen molar-refractivity contribution in [2.45, 2.75) is 26.1 Å². The zero-order chi connectivity index (χ0) is 17.1. The fourth-order valence-corrected chi connectivity index (χ4v) is 2.68. The summed E-state index contributed by atoms with van der Waals surface area (Å²) in [6.07, 6.45) is -4.63. The Hall–Kier alpha value is -0.990. The number of amides is 1. The van der Waals surface area contributed by atoms with E-state index in [1.165, 1.54) is 6.07 Å². The first kappa shape index (κ1) is 19.1. The van der Waals surface area contributed by atoms with Gasteiger partial charge in [0.25, 0.3) is 5.91 Å². The van der Waals surface area contributed by atoms with Crippen molar-refractivity contribution in [3.05, 3.63) is 20.3 Å². The summed E-state index contributed by atoms with van der Waals surface area (Å²) in [7, 11) is 0.